The number of nitrogens with one attached hydrogen (secondary N) is 1. The molecule has 0 saturated heterocycles. The molecule has 2 rings (SSSR count). The van der Waals surface area contributed by atoms with Crippen molar-refractivity contribution in [3.63, 3.8) is 0 Å². The normalized spacial score (nSPS) is 18.1. The standard InChI is InChI=1S/C17H26N2O2/c1-14(15-8-4-2-3-5-9-15)18-13-12-16-10-6-7-11-17(16)19(20)21/h6-7,10-11,14-15,18H,2-5,8-9,12-13H2,1H3/t14-/m0/s1. The molecule has 0 aliphatic heterocycles. The molecule has 1 N–H and O–H groups in total. The van der Waals surface area contributed by atoms with Crippen LogP contribution in [0.5, 0.6) is 0 Å². The highest BCUT2D eigenvalue weighted by atomic mass is 16.6. The van der Waals surface area contributed by atoms with E-state index in [1.807, 2.05) is 12.1 Å². The van der Waals surface area contributed by atoms with Crippen molar-refractivity contribution in [3.05, 3.63) is 39.9 Å². The van der Waals surface area contributed by atoms with E-state index < -0.39 is 0 Å². The Balaban J connectivity index is 1.82. The lowest BCUT2D eigenvalue weighted by Crippen LogP contribution is -2.34. The molecule has 1 aliphatic rings. The molecule has 4 heteroatoms. The van der Waals surface area contributed by atoms with Gasteiger partial charge in [-0.15, -0.1) is 0 Å². The summed E-state index contributed by atoms with van der Waals surface area (Å²) >= 11 is 0. The van der Waals surface area contributed by atoms with Gasteiger partial charge in [0.1, 0.15) is 0 Å². The molecule has 1 atom stereocenters. The highest BCUT2D eigenvalue weighted by molar-refractivity contribution is 5.39. The minimum atomic E-state index is -0.288. The van der Waals surface area contributed by atoms with Crippen LogP contribution in [0.1, 0.15) is 51.0 Å². The zero-order chi connectivity index (χ0) is 15.1. The van der Waals surface area contributed by atoms with Crippen molar-refractivity contribution in [3.8, 4) is 0 Å². The summed E-state index contributed by atoms with van der Waals surface area (Å²) in [6.07, 6.45) is 8.80. The van der Waals surface area contributed by atoms with Crippen LogP contribution in [0, 0.1) is 16.0 Å². The Bertz CT molecular complexity index is 454. The van der Waals surface area contributed by atoms with Crippen LogP contribution in [0.15, 0.2) is 24.3 Å². The predicted molar refractivity (Wildman–Crippen MR) is 85.5 cm³/mol. The summed E-state index contributed by atoms with van der Waals surface area (Å²) in [5, 5.41) is 14.6. The minimum Gasteiger partial charge on any atom is -0.314 e. The molecule has 21 heavy (non-hydrogen) atoms. The average molecular weight is 290 g/mol. The largest absolute Gasteiger partial charge is 0.314 e. The Labute approximate surface area is 127 Å². The molecule has 1 saturated carbocycles. The van der Waals surface area contributed by atoms with E-state index in [0.29, 0.717) is 12.5 Å². The first-order valence-corrected chi connectivity index (χ1v) is 8.14. The van der Waals surface area contributed by atoms with Crippen LogP contribution < -0.4 is 5.32 Å². The van der Waals surface area contributed by atoms with Gasteiger partial charge in [0, 0.05) is 17.7 Å². The molecule has 1 aliphatic carbocycles. The molecule has 0 radical (unpaired) electrons. The number of benzene rings is 1. The minimum absolute atomic E-state index is 0.237. The Kier molecular flexibility index (Phi) is 6.18. The molecule has 4 nitrogen and oxygen atoms in total. The van der Waals surface area contributed by atoms with Crippen LogP contribution in [0.3, 0.4) is 0 Å². The summed E-state index contributed by atoms with van der Waals surface area (Å²) in [7, 11) is 0. The van der Waals surface area contributed by atoms with Gasteiger partial charge in [0.15, 0.2) is 0 Å². The fourth-order valence-electron chi connectivity index (χ4n) is 3.31. The lowest BCUT2D eigenvalue weighted by Gasteiger charge is -2.23. The Morgan fingerprint density at radius 1 is 1.24 bits per heavy atom. The maximum absolute atomic E-state index is 11.0. The SMILES string of the molecule is C[C@H](NCCc1ccccc1[N+](=O)[O-])C1CCCCCC1. The lowest BCUT2D eigenvalue weighted by atomic mass is 9.93. The predicted octanol–water partition coefficient (Wildman–Crippen LogP) is 4.09. The van der Waals surface area contributed by atoms with Gasteiger partial charge in [-0.3, -0.25) is 10.1 Å². The van der Waals surface area contributed by atoms with E-state index in [0.717, 1.165) is 18.0 Å². The fourth-order valence-corrected chi connectivity index (χ4v) is 3.31. The Morgan fingerprint density at radius 2 is 1.90 bits per heavy atom. The number of para-hydroxylation sites is 1. The van der Waals surface area contributed by atoms with Crippen molar-refractivity contribution in [1.29, 1.82) is 0 Å². The molecular formula is C17H26N2O2. The van der Waals surface area contributed by atoms with E-state index in [4.69, 9.17) is 0 Å². The van der Waals surface area contributed by atoms with E-state index >= 15 is 0 Å². The number of nitro groups is 1. The van der Waals surface area contributed by atoms with Crippen LogP contribution >= 0.6 is 0 Å². The zero-order valence-corrected chi connectivity index (χ0v) is 12.9. The zero-order valence-electron chi connectivity index (χ0n) is 12.9. The van der Waals surface area contributed by atoms with Gasteiger partial charge in [-0.05, 0) is 38.6 Å². The topological polar surface area (TPSA) is 55.2 Å². The van der Waals surface area contributed by atoms with Crippen LogP contribution in [0.25, 0.3) is 0 Å². The van der Waals surface area contributed by atoms with Crippen LogP contribution in [0.4, 0.5) is 5.69 Å². The second-order valence-corrected chi connectivity index (χ2v) is 6.13. The third kappa shape index (κ3) is 4.81. The lowest BCUT2D eigenvalue weighted by molar-refractivity contribution is -0.385. The fraction of sp³-hybridized carbons (Fsp3) is 0.647. The summed E-state index contributed by atoms with van der Waals surface area (Å²) in [5.41, 5.74) is 1.06. The van der Waals surface area contributed by atoms with Gasteiger partial charge in [-0.25, -0.2) is 0 Å². The monoisotopic (exact) mass is 290 g/mol. The first-order chi connectivity index (χ1) is 10.2. The summed E-state index contributed by atoms with van der Waals surface area (Å²) < 4.78 is 0. The quantitative estimate of drug-likeness (QED) is 0.488. The Morgan fingerprint density at radius 3 is 2.57 bits per heavy atom. The van der Waals surface area contributed by atoms with Gasteiger partial charge < -0.3 is 5.32 Å². The van der Waals surface area contributed by atoms with Gasteiger partial charge in [-0.1, -0.05) is 43.9 Å². The smallest absolute Gasteiger partial charge is 0.272 e. The summed E-state index contributed by atoms with van der Waals surface area (Å²) in [4.78, 5) is 10.7. The number of hydrogen-bond acceptors (Lipinski definition) is 3. The highest BCUT2D eigenvalue weighted by Gasteiger charge is 2.19. The third-order valence-corrected chi connectivity index (χ3v) is 4.66. The van der Waals surface area contributed by atoms with E-state index in [1.165, 1.54) is 38.5 Å². The number of nitrogens with zero attached hydrogens (tertiary/aromatic N) is 1. The molecule has 116 valence electrons. The van der Waals surface area contributed by atoms with Crippen LogP contribution in [-0.2, 0) is 6.42 Å². The molecule has 1 aromatic rings. The molecule has 0 amide bonds. The van der Waals surface area contributed by atoms with E-state index in [2.05, 4.69) is 12.2 Å². The van der Waals surface area contributed by atoms with Gasteiger partial charge >= 0.3 is 0 Å². The van der Waals surface area contributed by atoms with Crippen LogP contribution in [-0.4, -0.2) is 17.5 Å². The molecule has 0 spiro atoms. The maximum Gasteiger partial charge on any atom is 0.272 e. The summed E-state index contributed by atoms with van der Waals surface area (Å²) in [5.74, 6) is 0.762. The molecule has 0 bridgehead atoms. The van der Waals surface area contributed by atoms with Gasteiger partial charge in [0.25, 0.3) is 5.69 Å². The van der Waals surface area contributed by atoms with E-state index in [9.17, 15) is 10.1 Å². The van der Waals surface area contributed by atoms with Crippen molar-refractivity contribution in [2.75, 3.05) is 6.54 Å². The van der Waals surface area contributed by atoms with E-state index in [1.54, 1.807) is 12.1 Å². The Hall–Kier alpha value is -1.42. The average Bonchev–Trinajstić information content (AvgIpc) is 2.76. The highest BCUT2D eigenvalue weighted by Crippen LogP contribution is 2.25. The number of hydrogen-bond donors (Lipinski definition) is 1. The molecule has 0 unspecified atom stereocenters. The number of nitro benzene ring substituents is 1. The molecule has 0 heterocycles. The summed E-state index contributed by atoms with van der Waals surface area (Å²) in [6.45, 7) is 3.07. The molecule has 1 fully saturated rings. The second-order valence-electron chi connectivity index (χ2n) is 6.13. The first-order valence-electron chi connectivity index (χ1n) is 8.14. The maximum atomic E-state index is 11.0. The van der Waals surface area contributed by atoms with Crippen molar-refractivity contribution >= 4 is 5.69 Å². The molecular weight excluding hydrogens is 264 g/mol. The van der Waals surface area contributed by atoms with Crippen molar-refractivity contribution < 1.29 is 4.92 Å². The van der Waals surface area contributed by atoms with Gasteiger partial charge in [-0.2, -0.15) is 0 Å². The van der Waals surface area contributed by atoms with Crippen molar-refractivity contribution in [2.24, 2.45) is 5.92 Å². The summed E-state index contributed by atoms with van der Waals surface area (Å²) in [6, 6.07) is 7.55. The van der Waals surface area contributed by atoms with Crippen molar-refractivity contribution in [1.82, 2.24) is 5.32 Å². The van der Waals surface area contributed by atoms with Crippen molar-refractivity contribution in [2.45, 2.75) is 57.9 Å². The van der Waals surface area contributed by atoms with E-state index in [-0.39, 0.29) is 10.6 Å². The number of rotatable bonds is 6. The third-order valence-electron chi connectivity index (χ3n) is 4.66. The molecule has 0 aromatic heterocycles. The van der Waals surface area contributed by atoms with Gasteiger partial charge in [0.2, 0.25) is 0 Å². The van der Waals surface area contributed by atoms with Gasteiger partial charge in [0.05, 0.1) is 4.92 Å². The second kappa shape index (κ2) is 8.13. The first kappa shape index (κ1) is 16.0. The van der Waals surface area contributed by atoms with Crippen LogP contribution in [0.2, 0.25) is 0 Å². The molecule has 1 aromatic carbocycles.